The van der Waals surface area contributed by atoms with Crippen LogP contribution in [0.2, 0.25) is 0 Å². The van der Waals surface area contributed by atoms with Gasteiger partial charge in [-0.2, -0.15) is 13.2 Å². The molecule has 3 heterocycles. The third-order valence-corrected chi connectivity index (χ3v) is 6.08. The molecular weight excluding hydrogens is 421 g/mol. The number of aromatic amines is 1. The van der Waals surface area contributed by atoms with Gasteiger partial charge in [0, 0.05) is 45.2 Å². The van der Waals surface area contributed by atoms with Crippen molar-refractivity contribution in [1.29, 1.82) is 0 Å². The number of para-hydroxylation sites is 1. The van der Waals surface area contributed by atoms with Crippen molar-refractivity contribution >= 4 is 32.5 Å². The number of rotatable bonds is 1. The Morgan fingerprint density at radius 2 is 1.96 bits per heavy atom. The van der Waals surface area contributed by atoms with E-state index in [0.29, 0.717) is 12.2 Å². The van der Waals surface area contributed by atoms with E-state index in [1.165, 1.54) is 6.07 Å². The van der Waals surface area contributed by atoms with Crippen LogP contribution in [-0.4, -0.2) is 11.6 Å². The van der Waals surface area contributed by atoms with Crippen LogP contribution in [0.25, 0.3) is 10.9 Å². The van der Waals surface area contributed by atoms with Crippen LogP contribution in [0.5, 0.6) is 0 Å². The first-order valence-corrected chi connectivity index (χ1v) is 9.57. The number of anilines is 1. The minimum absolute atomic E-state index is 0.0824. The fourth-order valence-electron chi connectivity index (χ4n) is 4.42. The predicted molar refractivity (Wildman–Crippen MR) is 101 cm³/mol. The van der Waals surface area contributed by atoms with Gasteiger partial charge in [0.05, 0.1) is 23.4 Å². The van der Waals surface area contributed by atoms with Gasteiger partial charge < -0.3 is 15.0 Å². The predicted octanol–water partition coefficient (Wildman–Crippen LogP) is 6.19. The van der Waals surface area contributed by atoms with Crippen molar-refractivity contribution in [2.75, 3.05) is 11.9 Å². The Kier molecular flexibility index (Phi) is 3.81. The number of fused-ring (bicyclic) bond motifs is 4. The van der Waals surface area contributed by atoms with Gasteiger partial charge in [-0.15, -0.1) is 0 Å². The van der Waals surface area contributed by atoms with Crippen LogP contribution >= 0.6 is 15.9 Å². The molecule has 0 amide bonds. The zero-order valence-electron chi connectivity index (χ0n) is 14.1. The second-order valence-electron chi connectivity index (χ2n) is 7.07. The van der Waals surface area contributed by atoms with Crippen LogP contribution in [0.1, 0.15) is 35.3 Å². The van der Waals surface area contributed by atoms with Crippen molar-refractivity contribution in [3.05, 3.63) is 63.8 Å². The van der Waals surface area contributed by atoms with E-state index in [0.717, 1.165) is 33.4 Å². The van der Waals surface area contributed by atoms with Crippen molar-refractivity contribution in [2.24, 2.45) is 5.92 Å². The maximum atomic E-state index is 13.6. The van der Waals surface area contributed by atoms with Gasteiger partial charge in [-0.1, -0.05) is 28.1 Å². The molecule has 3 atom stereocenters. The summed E-state index contributed by atoms with van der Waals surface area (Å²) in [4.78, 5) is 3.24. The van der Waals surface area contributed by atoms with Crippen LogP contribution in [0.15, 0.2) is 47.1 Å². The van der Waals surface area contributed by atoms with E-state index in [1.807, 2.05) is 24.4 Å². The van der Waals surface area contributed by atoms with E-state index >= 15 is 0 Å². The van der Waals surface area contributed by atoms with Gasteiger partial charge in [0.15, 0.2) is 0 Å². The minimum Gasteiger partial charge on any atom is -0.377 e. The van der Waals surface area contributed by atoms with Gasteiger partial charge in [-0.05, 0) is 30.7 Å². The molecule has 3 aromatic rings. The third kappa shape index (κ3) is 2.67. The molecule has 2 aliphatic heterocycles. The van der Waals surface area contributed by atoms with Crippen molar-refractivity contribution < 1.29 is 17.9 Å². The summed E-state index contributed by atoms with van der Waals surface area (Å²) in [7, 11) is 0. The highest BCUT2D eigenvalue weighted by molar-refractivity contribution is 9.10. The summed E-state index contributed by atoms with van der Waals surface area (Å²) in [5.74, 6) is 0.0824. The Bertz CT molecular complexity index is 1030. The van der Waals surface area contributed by atoms with Crippen LogP contribution < -0.4 is 5.32 Å². The van der Waals surface area contributed by atoms with Crippen molar-refractivity contribution in [1.82, 2.24) is 4.98 Å². The van der Waals surface area contributed by atoms with E-state index in [-0.39, 0.29) is 23.8 Å². The maximum Gasteiger partial charge on any atom is 0.418 e. The lowest BCUT2D eigenvalue weighted by atomic mass is 9.80. The second kappa shape index (κ2) is 6.01. The van der Waals surface area contributed by atoms with Crippen molar-refractivity contribution in [3.63, 3.8) is 0 Å². The number of alkyl halides is 3. The Hall–Kier alpha value is -1.99. The smallest absolute Gasteiger partial charge is 0.377 e. The molecule has 0 saturated carbocycles. The van der Waals surface area contributed by atoms with Gasteiger partial charge in [0.1, 0.15) is 0 Å². The Morgan fingerprint density at radius 1 is 1.11 bits per heavy atom. The third-order valence-electron chi connectivity index (χ3n) is 5.58. The topological polar surface area (TPSA) is 37.0 Å². The number of H-pyrrole nitrogens is 1. The lowest BCUT2D eigenvalue weighted by Crippen LogP contribution is -2.30. The van der Waals surface area contributed by atoms with Gasteiger partial charge in [0.25, 0.3) is 0 Å². The molecule has 1 saturated heterocycles. The number of hydrogen-bond acceptors (Lipinski definition) is 2. The molecule has 0 aliphatic carbocycles. The zero-order chi connectivity index (χ0) is 18.8. The van der Waals surface area contributed by atoms with Crippen molar-refractivity contribution in [2.45, 2.75) is 24.7 Å². The first-order chi connectivity index (χ1) is 12.9. The molecule has 1 aromatic heterocycles. The SMILES string of the molecule is FC(F)(F)c1cccc2c1NC(c1c[nH]c3ccc(Br)cc13)C1CCOC21. The lowest BCUT2D eigenvalue weighted by Gasteiger charge is -2.37. The lowest BCUT2D eigenvalue weighted by molar-refractivity contribution is -0.137. The average Bonchev–Trinajstić information content (AvgIpc) is 3.26. The Morgan fingerprint density at radius 3 is 2.78 bits per heavy atom. The van der Waals surface area contributed by atoms with E-state index in [1.54, 1.807) is 6.07 Å². The van der Waals surface area contributed by atoms with Crippen LogP contribution in [-0.2, 0) is 10.9 Å². The fourth-order valence-corrected chi connectivity index (χ4v) is 4.78. The average molecular weight is 437 g/mol. The largest absolute Gasteiger partial charge is 0.418 e. The molecule has 0 radical (unpaired) electrons. The highest BCUT2D eigenvalue weighted by atomic mass is 79.9. The van der Waals surface area contributed by atoms with Gasteiger partial charge >= 0.3 is 6.18 Å². The highest BCUT2D eigenvalue weighted by Gasteiger charge is 2.45. The monoisotopic (exact) mass is 436 g/mol. The number of aromatic nitrogens is 1. The number of benzene rings is 2. The molecule has 0 bridgehead atoms. The number of hydrogen-bond donors (Lipinski definition) is 2. The van der Waals surface area contributed by atoms with Crippen molar-refractivity contribution in [3.8, 4) is 0 Å². The van der Waals surface area contributed by atoms with Gasteiger partial charge in [0.2, 0.25) is 0 Å². The highest BCUT2D eigenvalue weighted by Crippen LogP contribution is 2.53. The molecule has 7 heteroatoms. The molecule has 140 valence electrons. The fraction of sp³-hybridized carbons (Fsp3) is 0.300. The zero-order valence-corrected chi connectivity index (χ0v) is 15.7. The Labute approximate surface area is 162 Å². The normalized spacial score (nSPS) is 24.5. The number of ether oxygens (including phenoxy) is 1. The van der Waals surface area contributed by atoms with Crippen LogP contribution in [0.4, 0.5) is 18.9 Å². The second-order valence-corrected chi connectivity index (χ2v) is 7.98. The van der Waals surface area contributed by atoms with E-state index in [2.05, 4.69) is 26.2 Å². The van der Waals surface area contributed by atoms with Crippen LogP contribution in [0, 0.1) is 5.92 Å². The maximum absolute atomic E-state index is 13.6. The molecule has 0 spiro atoms. The molecular formula is C20H16BrF3N2O. The Balaban J connectivity index is 1.68. The number of nitrogens with one attached hydrogen (secondary N) is 2. The standard InChI is InChI=1S/C20H16BrF3N2O/c21-10-4-5-16-13(8-10)14(9-25-16)17-12-6-7-27-19(12)11-2-1-3-15(18(11)26-17)20(22,23)24/h1-5,8-9,12,17,19,25-26H,6-7H2. The summed E-state index contributed by atoms with van der Waals surface area (Å²) in [5, 5.41) is 4.22. The summed E-state index contributed by atoms with van der Waals surface area (Å²) in [6.45, 7) is 0.551. The molecule has 2 N–H and O–H groups in total. The molecule has 3 nitrogen and oxygen atoms in total. The minimum atomic E-state index is -4.42. The molecule has 2 aromatic carbocycles. The first-order valence-electron chi connectivity index (χ1n) is 8.78. The molecule has 27 heavy (non-hydrogen) atoms. The summed E-state index contributed by atoms with van der Waals surface area (Å²) in [6, 6.07) is 9.98. The molecule has 1 fully saturated rings. The van der Waals surface area contributed by atoms with E-state index in [4.69, 9.17) is 4.74 Å². The summed E-state index contributed by atoms with van der Waals surface area (Å²) in [6.07, 6.45) is -2.05. The molecule has 2 aliphatic rings. The molecule has 5 rings (SSSR count). The number of halogens is 4. The van der Waals surface area contributed by atoms with Gasteiger partial charge in [-0.3, -0.25) is 0 Å². The first kappa shape index (κ1) is 17.1. The van der Waals surface area contributed by atoms with E-state index < -0.39 is 11.7 Å². The van der Waals surface area contributed by atoms with Gasteiger partial charge in [-0.25, -0.2) is 0 Å². The summed E-state index contributed by atoms with van der Waals surface area (Å²) >= 11 is 3.49. The van der Waals surface area contributed by atoms with Crippen LogP contribution in [0.3, 0.4) is 0 Å². The van der Waals surface area contributed by atoms with E-state index in [9.17, 15) is 13.2 Å². The quantitative estimate of drug-likeness (QED) is 0.476. The molecule has 3 unspecified atom stereocenters. The summed E-state index contributed by atoms with van der Waals surface area (Å²) < 4.78 is 47.6. The summed E-state index contributed by atoms with van der Waals surface area (Å²) in [5.41, 5.74) is 2.03.